The second-order valence-electron chi connectivity index (χ2n) is 8.94. The summed E-state index contributed by atoms with van der Waals surface area (Å²) in [7, 11) is 0. The van der Waals surface area contributed by atoms with E-state index in [1.54, 1.807) is 0 Å². The number of hydrogen-bond donors (Lipinski definition) is 1. The highest BCUT2D eigenvalue weighted by atomic mass is 16.5. The molecule has 0 atom stereocenters. The van der Waals surface area contributed by atoms with Crippen molar-refractivity contribution in [3.63, 3.8) is 0 Å². The van der Waals surface area contributed by atoms with Gasteiger partial charge in [-0.3, -0.25) is 9.20 Å². The van der Waals surface area contributed by atoms with Crippen LogP contribution in [0.2, 0.25) is 0 Å². The molecule has 4 heterocycles. The zero-order valence-corrected chi connectivity index (χ0v) is 17.8. The molecule has 2 fully saturated rings. The SMILES string of the molecule is CC(C)c1nc(C(=O)NCC2CCN(CC3CCOCC3)CC2)n2ccccc12. The van der Waals surface area contributed by atoms with Gasteiger partial charge in [-0.15, -0.1) is 0 Å². The Balaban J connectivity index is 1.29. The lowest BCUT2D eigenvalue weighted by molar-refractivity contribution is 0.0467. The van der Waals surface area contributed by atoms with Gasteiger partial charge < -0.3 is 15.0 Å². The van der Waals surface area contributed by atoms with Crippen molar-refractivity contribution < 1.29 is 9.53 Å². The number of likely N-dealkylation sites (tertiary alicyclic amines) is 1. The van der Waals surface area contributed by atoms with Gasteiger partial charge in [-0.2, -0.15) is 0 Å². The number of pyridine rings is 1. The lowest BCUT2D eigenvalue weighted by Gasteiger charge is -2.35. The van der Waals surface area contributed by atoms with Gasteiger partial charge in [-0.05, 0) is 68.7 Å². The molecule has 1 N–H and O–H groups in total. The molecule has 0 aliphatic carbocycles. The summed E-state index contributed by atoms with van der Waals surface area (Å²) in [6.45, 7) is 10.3. The van der Waals surface area contributed by atoms with Gasteiger partial charge in [-0.25, -0.2) is 4.98 Å². The van der Waals surface area contributed by atoms with Crippen LogP contribution in [0.4, 0.5) is 0 Å². The Labute approximate surface area is 173 Å². The number of nitrogens with one attached hydrogen (secondary N) is 1. The molecule has 0 saturated carbocycles. The molecule has 2 aromatic heterocycles. The molecule has 2 aromatic rings. The quantitative estimate of drug-likeness (QED) is 0.811. The summed E-state index contributed by atoms with van der Waals surface area (Å²) >= 11 is 0. The van der Waals surface area contributed by atoms with Crippen LogP contribution in [-0.2, 0) is 4.74 Å². The van der Waals surface area contributed by atoms with Crippen LogP contribution in [0.25, 0.3) is 5.52 Å². The fraction of sp³-hybridized carbons (Fsp3) is 0.652. The van der Waals surface area contributed by atoms with E-state index in [1.807, 2.05) is 28.8 Å². The van der Waals surface area contributed by atoms with Crippen molar-refractivity contribution in [1.29, 1.82) is 0 Å². The van der Waals surface area contributed by atoms with Gasteiger partial charge in [0, 0.05) is 32.5 Å². The van der Waals surface area contributed by atoms with Crippen LogP contribution < -0.4 is 5.32 Å². The fourth-order valence-electron chi connectivity index (χ4n) is 4.63. The lowest BCUT2D eigenvalue weighted by Crippen LogP contribution is -2.41. The summed E-state index contributed by atoms with van der Waals surface area (Å²) in [5.41, 5.74) is 2.01. The van der Waals surface area contributed by atoms with Gasteiger partial charge >= 0.3 is 0 Å². The molecule has 2 saturated heterocycles. The predicted octanol–water partition coefficient (Wildman–Crippen LogP) is 3.33. The average Bonchev–Trinajstić information content (AvgIpc) is 3.14. The van der Waals surface area contributed by atoms with E-state index in [0.717, 1.165) is 62.8 Å². The number of carbonyl (C=O) groups excluding carboxylic acids is 1. The van der Waals surface area contributed by atoms with Crippen molar-refractivity contribution >= 4 is 11.4 Å². The van der Waals surface area contributed by atoms with Crippen LogP contribution in [0, 0.1) is 11.8 Å². The minimum atomic E-state index is -0.0669. The standard InChI is InChI=1S/C23H34N4O2/c1-17(2)21-20-5-3-4-10-27(20)22(25-21)23(28)24-15-18-6-11-26(12-7-18)16-19-8-13-29-14-9-19/h3-5,10,17-19H,6-9,11-16H2,1-2H3,(H,24,28). The molecule has 158 valence electrons. The molecule has 0 bridgehead atoms. The number of carbonyl (C=O) groups is 1. The first kappa shape index (κ1) is 20.4. The first-order valence-electron chi connectivity index (χ1n) is 11.2. The van der Waals surface area contributed by atoms with Crippen LogP contribution in [0.5, 0.6) is 0 Å². The van der Waals surface area contributed by atoms with E-state index in [-0.39, 0.29) is 11.8 Å². The molecular formula is C23H34N4O2. The van der Waals surface area contributed by atoms with Gasteiger partial charge in [0.05, 0.1) is 11.2 Å². The summed E-state index contributed by atoms with van der Waals surface area (Å²) in [5.74, 6) is 2.07. The van der Waals surface area contributed by atoms with Crippen molar-refractivity contribution in [3.05, 3.63) is 35.9 Å². The molecule has 1 amide bonds. The second kappa shape index (κ2) is 9.26. The summed E-state index contributed by atoms with van der Waals surface area (Å²) in [5, 5.41) is 3.15. The van der Waals surface area contributed by atoms with Gasteiger partial charge in [0.2, 0.25) is 5.82 Å². The third-order valence-electron chi connectivity index (χ3n) is 6.44. The first-order chi connectivity index (χ1) is 14.1. The summed E-state index contributed by atoms with van der Waals surface area (Å²) < 4.78 is 7.39. The van der Waals surface area contributed by atoms with Crippen LogP contribution in [0.15, 0.2) is 24.4 Å². The summed E-state index contributed by atoms with van der Waals surface area (Å²) in [4.78, 5) is 20.1. The monoisotopic (exact) mass is 398 g/mol. The molecule has 0 radical (unpaired) electrons. The molecule has 29 heavy (non-hydrogen) atoms. The highest BCUT2D eigenvalue weighted by molar-refractivity contribution is 5.92. The normalized spacial score (nSPS) is 19.8. The predicted molar refractivity (Wildman–Crippen MR) is 114 cm³/mol. The molecule has 0 unspecified atom stereocenters. The van der Waals surface area contributed by atoms with E-state index in [1.165, 1.54) is 19.4 Å². The Bertz CT molecular complexity index is 817. The first-order valence-corrected chi connectivity index (χ1v) is 11.2. The maximum atomic E-state index is 12.8. The number of imidazole rings is 1. The topological polar surface area (TPSA) is 58.9 Å². The zero-order chi connectivity index (χ0) is 20.2. The lowest BCUT2D eigenvalue weighted by atomic mass is 9.94. The van der Waals surface area contributed by atoms with E-state index in [4.69, 9.17) is 4.74 Å². The van der Waals surface area contributed by atoms with E-state index >= 15 is 0 Å². The molecule has 2 aliphatic heterocycles. The van der Waals surface area contributed by atoms with Crippen molar-refractivity contribution in [2.75, 3.05) is 39.4 Å². The Morgan fingerprint density at radius 1 is 1.17 bits per heavy atom. The third-order valence-corrected chi connectivity index (χ3v) is 6.44. The third kappa shape index (κ3) is 4.81. The minimum absolute atomic E-state index is 0.0669. The van der Waals surface area contributed by atoms with Gasteiger partial charge in [0.15, 0.2) is 0 Å². The molecule has 4 rings (SSSR count). The number of rotatable bonds is 6. The fourth-order valence-corrected chi connectivity index (χ4v) is 4.63. The molecule has 6 nitrogen and oxygen atoms in total. The summed E-state index contributed by atoms with van der Waals surface area (Å²) in [6.07, 6.45) is 6.64. The van der Waals surface area contributed by atoms with Crippen LogP contribution in [-0.4, -0.2) is 59.6 Å². The highest BCUT2D eigenvalue weighted by Crippen LogP contribution is 2.23. The molecular weight excluding hydrogens is 364 g/mol. The molecule has 0 spiro atoms. The molecule has 0 aromatic carbocycles. The van der Waals surface area contributed by atoms with Crippen molar-refractivity contribution in [3.8, 4) is 0 Å². The van der Waals surface area contributed by atoms with Crippen LogP contribution in [0.1, 0.15) is 61.8 Å². The van der Waals surface area contributed by atoms with Gasteiger partial charge in [0.1, 0.15) is 0 Å². The smallest absolute Gasteiger partial charge is 0.287 e. The number of hydrogen-bond acceptors (Lipinski definition) is 4. The van der Waals surface area contributed by atoms with E-state index in [2.05, 4.69) is 29.0 Å². The number of ether oxygens (including phenoxy) is 1. The number of aromatic nitrogens is 2. The minimum Gasteiger partial charge on any atom is -0.381 e. The maximum absolute atomic E-state index is 12.8. The van der Waals surface area contributed by atoms with Crippen LogP contribution >= 0.6 is 0 Å². The van der Waals surface area contributed by atoms with Crippen molar-refractivity contribution in [2.24, 2.45) is 11.8 Å². The number of amides is 1. The average molecular weight is 399 g/mol. The maximum Gasteiger partial charge on any atom is 0.287 e. The van der Waals surface area contributed by atoms with E-state index in [0.29, 0.717) is 11.7 Å². The van der Waals surface area contributed by atoms with E-state index < -0.39 is 0 Å². The Hall–Kier alpha value is -1.92. The molecule has 2 aliphatic rings. The zero-order valence-electron chi connectivity index (χ0n) is 17.8. The van der Waals surface area contributed by atoms with Crippen LogP contribution in [0.3, 0.4) is 0 Å². The number of fused-ring (bicyclic) bond motifs is 1. The second-order valence-corrected chi connectivity index (χ2v) is 8.94. The Kier molecular flexibility index (Phi) is 6.50. The molecule has 6 heteroatoms. The van der Waals surface area contributed by atoms with Crippen molar-refractivity contribution in [1.82, 2.24) is 19.6 Å². The number of piperidine rings is 1. The summed E-state index contributed by atoms with van der Waals surface area (Å²) in [6, 6.07) is 5.98. The Morgan fingerprint density at radius 2 is 1.93 bits per heavy atom. The number of nitrogens with zero attached hydrogens (tertiary/aromatic N) is 3. The Morgan fingerprint density at radius 3 is 2.66 bits per heavy atom. The van der Waals surface area contributed by atoms with E-state index in [9.17, 15) is 4.79 Å². The highest BCUT2D eigenvalue weighted by Gasteiger charge is 2.24. The van der Waals surface area contributed by atoms with Crippen molar-refractivity contribution in [2.45, 2.75) is 45.4 Å². The largest absolute Gasteiger partial charge is 0.381 e. The van der Waals surface area contributed by atoms with Gasteiger partial charge in [0.25, 0.3) is 5.91 Å². The van der Waals surface area contributed by atoms with Gasteiger partial charge in [-0.1, -0.05) is 19.9 Å².